The first-order valence-corrected chi connectivity index (χ1v) is 10.8. The van der Waals surface area contributed by atoms with E-state index in [4.69, 9.17) is 21.1 Å². The van der Waals surface area contributed by atoms with Crippen LogP contribution in [0.25, 0.3) is 11.1 Å². The van der Waals surface area contributed by atoms with Crippen molar-refractivity contribution in [2.75, 3.05) is 6.61 Å². The van der Waals surface area contributed by atoms with Crippen LogP contribution in [0.5, 0.6) is 5.75 Å². The third-order valence-corrected chi connectivity index (χ3v) is 4.53. The van der Waals surface area contributed by atoms with Gasteiger partial charge in [0.15, 0.2) is 0 Å². The molecule has 5 nitrogen and oxygen atoms in total. The van der Waals surface area contributed by atoms with E-state index >= 15 is 0 Å². The summed E-state index contributed by atoms with van der Waals surface area (Å²) in [4.78, 5) is 16.2. The molecular weight excluding hydrogens is 438 g/mol. The normalized spacial score (nSPS) is 13.1. The van der Waals surface area contributed by atoms with Crippen LogP contribution >= 0.6 is 11.6 Å². The van der Waals surface area contributed by atoms with Crippen molar-refractivity contribution in [3.05, 3.63) is 47.2 Å². The van der Waals surface area contributed by atoms with Gasteiger partial charge in [-0.1, -0.05) is 38.4 Å². The molecule has 1 aromatic carbocycles. The highest BCUT2D eigenvalue weighted by Crippen LogP contribution is 2.34. The minimum atomic E-state index is -2.73. The minimum Gasteiger partial charge on any atom is -0.491 e. The number of amides is 1. The van der Waals surface area contributed by atoms with Crippen molar-refractivity contribution in [3.63, 3.8) is 0 Å². The number of benzene rings is 1. The van der Waals surface area contributed by atoms with Crippen molar-refractivity contribution in [2.24, 2.45) is 5.41 Å². The largest absolute Gasteiger partial charge is 0.491 e. The second-order valence-electron chi connectivity index (χ2n) is 9.84. The van der Waals surface area contributed by atoms with E-state index in [1.165, 1.54) is 18.3 Å². The van der Waals surface area contributed by atoms with Gasteiger partial charge in [0.05, 0.1) is 11.6 Å². The summed E-state index contributed by atoms with van der Waals surface area (Å²) in [6, 6.07) is 7.46. The summed E-state index contributed by atoms with van der Waals surface area (Å²) in [7, 11) is 0. The van der Waals surface area contributed by atoms with Crippen molar-refractivity contribution >= 4 is 17.7 Å². The Labute approximate surface area is 193 Å². The van der Waals surface area contributed by atoms with Gasteiger partial charge in [0.2, 0.25) is 0 Å². The molecule has 176 valence electrons. The Morgan fingerprint density at radius 1 is 1.09 bits per heavy atom. The number of ether oxygens (including phenoxy) is 2. The van der Waals surface area contributed by atoms with Crippen LogP contribution in [0.4, 0.5) is 13.6 Å². The zero-order valence-electron chi connectivity index (χ0n) is 19.3. The summed E-state index contributed by atoms with van der Waals surface area (Å²) in [6.07, 6.45) is -1.22. The van der Waals surface area contributed by atoms with E-state index in [-0.39, 0.29) is 28.5 Å². The minimum absolute atomic E-state index is 0.0245. The average molecular weight is 469 g/mol. The maximum absolute atomic E-state index is 13.8. The first kappa shape index (κ1) is 25.8. The second-order valence-corrected chi connectivity index (χ2v) is 10.2. The molecule has 0 aliphatic rings. The number of hydrogen-bond acceptors (Lipinski definition) is 4. The summed E-state index contributed by atoms with van der Waals surface area (Å²) in [5.74, 6) is 0.0637. The number of carbonyl (C=O) groups is 1. The molecule has 2 rings (SSSR count). The van der Waals surface area contributed by atoms with Crippen molar-refractivity contribution in [3.8, 4) is 16.9 Å². The number of alkyl carbamates (subject to hydrolysis) is 1. The molecule has 0 aliphatic heterocycles. The number of rotatable bonds is 7. The monoisotopic (exact) mass is 468 g/mol. The van der Waals surface area contributed by atoms with Gasteiger partial charge >= 0.3 is 6.09 Å². The number of nitrogens with one attached hydrogen (secondary N) is 1. The van der Waals surface area contributed by atoms with E-state index in [9.17, 15) is 13.6 Å². The van der Waals surface area contributed by atoms with E-state index in [0.717, 1.165) is 0 Å². The van der Waals surface area contributed by atoms with Crippen LogP contribution < -0.4 is 10.1 Å². The van der Waals surface area contributed by atoms with E-state index in [1.807, 2.05) is 20.8 Å². The van der Waals surface area contributed by atoms with Gasteiger partial charge in [-0.3, -0.25) is 0 Å². The van der Waals surface area contributed by atoms with Gasteiger partial charge in [-0.05, 0) is 68.0 Å². The number of halogens is 3. The number of hydrogen-bond donors (Lipinski definition) is 1. The van der Waals surface area contributed by atoms with Crippen LogP contribution in [0, 0.1) is 5.41 Å². The van der Waals surface area contributed by atoms with E-state index in [2.05, 4.69) is 10.3 Å². The predicted octanol–water partition coefficient (Wildman–Crippen LogP) is 7.05. The van der Waals surface area contributed by atoms with Crippen LogP contribution in [0.1, 0.15) is 60.0 Å². The SMILES string of the molecule is CC(C)(C)C[C@@H](COc1ccc(-c2ccnc(Cl)c2)cc1C(F)F)NC(=O)OC(C)(C)C. The highest BCUT2D eigenvalue weighted by molar-refractivity contribution is 6.29. The molecule has 8 heteroatoms. The van der Waals surface area contributed by atoms with Crippen LogP contribution in [-0.4, -0.2) is 29.3 Å². The zero-order chi connectivity index (χ0) is 24.1. The Morgan fingerprint density at radius 2 is 1.75 bits per heavy atom. The molecule has 1 aromatic heterocycles. The fourth-order valence-corrected chi connectivity index (χ4v) is 3.34. The summed E-state index contributed by atoms with van der Waals surface area (Å²) in [5, 5.41) is 3.07. The maximum atomic E-state index is 13.8. The van der Waals surface area contributed by atoms with Gasteiger partial charge in [-0.15, -0.1) is 0 Å². The molecule has 0 saturated carbocycles. The highest BCUT2D eigenvalue weighted by Gasteiger charge is 2.25. The molecule has 1 amide bonds. The molecule has 0 fully saturated rings. The topological polar surface area (TPSA) is 60.5 Å². The molecule has 1 heterocycles. The highest BCUT2D eigenvalue weighted by atomic mass is 35.5. The summed E-state index contributed by atoms with van der Waals surface area (Å²) in [5.41, 5.74) is 0.248. The predicted molar refractivity (Wildman–Crippen MR) is 122 cm³/mol. The number of nitrogens with zero attached hydrogens (tertiary/aromatic N) is 1. The molecule has 0 bridgehead atoms. The Hall–Kier alpha value is -2.41. The lowest BCUT2D eigenvalue weighted by molar-refractivity contribution is 0.0469. The Kier molecular flexibility index (Phi) is 8.46. The fourth-order valence-electron chi connectivity index (χ4n) is 3.17. The Bertz CT molecular complexity index is 924. The van der Waals surface area contributed by atoms with Gasteiger partial charge in [-0.25, -0.2) is 18.6 Å². The average Bonchev–Trinajstić information content (AvgIpc) is 2.63. The smallest absolute Gasteiger partial charge is 0.407 e. The number of alkyl halides is 2. The molecule has 0 radical (unpaired) electrons. The van der Waals surface area contributed by atoms with Crippen LogP contribution in [-0.2, 0) is 4.74 Å². The van der Waals surface area contributed by atoms with Crippen LogP contribution in [0.3, 0.4) is 0 Å². The Balaban J connectivity index is 2.21. The van der Waals surface area contributed by atoms with Gasteiger partial charge < -0.3 is 14.8 Å². The van der Waals surface area contributed by atoms with E-state index in [1.54, 1.807) is 39.0 Å². The number of pyridine rings is 1. The molecule has 0 saturated heterocycles. The van der Waals surface area contributed by atoms with Crippen LogP contribution in [0.15, 0.2) is 36.5 Å². The number of carbonyl (C=O) groups excluding carboxylic acids is 1. The number of aromatic nitrogens is 1. The second kappa shape index (κ2) is 10.5. The van der Waals surface area contributed by atoms with Crippen molar-refractivity contribution in [1.29, 1.82) is 0 Å². The van der Waals surface area contributed by atoms with E-state index in [0.29, 0.717) is 17.5 Å². The Morgan fingerprint density at radius 3 is 2.31 bits per heavy atom. The molecular formula is C24H31ClF2N2O3. The van der Waals surface area contributed by atoms with Crippen molar-refractivity contribution < 1.29 is 23.0 Å². The third kappa shape index (κ3) is 8.61. The molecule has 1 atom stereocenters. The maximum Gasteiger partial charge on any atom is 0.407 e. The van der Waals surface area contributed by atoms with Gasteiger partial charge in [0, 0.05) is 6.20 Å². The first-order chi connectivity index (χ1) is 14.7. The lowest BCUT2D eigenvalue weighted by Gasteiger charge is -2.28. The molecule has 1 N–H and O–H groups in total. The summed E-state index contributed by atoms with van der Waals surface area (Å²) >= 11 is 5.92. The van der Waals surface area contributed by atoms with E-state index < -0.39 is 24.2 Å². The lowest BCUT2D eigenvalue weighted by atomic mass is 9.88. The fraction of sp³-hybridized carbons (Fsp3) is 0.500. The molecule has 0 spiro atoms. The standard InChI is InChI=1S/C24H31ClF2N2O3/c1-23(2,3)13-17(29-22(30)32-24(4,5)6)14-31-19-8-7-15(11-18(19)21(26)27)16-9-10-28-20(25)12-16/h7-12,17,21H,13-14H2,1-6H3,(H,29,30)/t17-/m0/s1. The summed E-state index contributed by atoms with van der Waals surface area (Å²) < 4.78 is 38.7. The first-order valence-electron chi connectivity index (χ1n) is 10.4. The summed E-state index contributed by atoms with van der Waals surface area (Å²) in [6.45, 7) is 11.4. The molecule has 0 aliphatic carbocycles. The lowest BCUT2D eigenvalue weighted by Crippen LogP contribution is -2.44. The van der Waals surface area contributed by atoms with Crippen molar-refractivity contribution in [2.45, 2.75) is 66.0 Å². The quantitative estimate of drug-likeness (QED) is 0.442. The van der Waals surface area contributed by atoms with Crippen molar-refractivity contribution in [1.82, 2.24) is 10.3 Å². The molecule has 2 aromatic rings. The van der Waals surface area contributed by atoms with Gasteiger partial charge in [0.1, 0.15) is 23.1 Å². The molecule has 0 unspecified atom stereocenters. The zero-order valence-corrected chi connectivity index (χ0v) is 20.1. The van der Waals surface area contributed by atoms with Gasteiger partial charge in [-0.2, -0.15) is 0 Å². The molecule has 32 heavy (non-hydrogen) atoms. The third-order valence-electron chi connectivity index (χ3n) is 4.32. The van der Waals surface area contributed by atoms with Gasteiger partial charge in [0.25, 0.3) is 6.43 Å². The van der Waals surface area contributed by atoms with Crippen LogP contribution in [0.2, 0.25) is 5.15 Å².